The third kappa shape index (κ3) is 5.25. The van der Waals surface area contributed by atoms with E-state index in [0.717, 1.165) is 0 Å². The number of para-hydroxylation sites is 1. The van der Waals surface area contributed by atoms with Crippen LogP contribution in [0.3, 0.4) is 0 Å². The summed E-state index contributed by atoms with van der Waals surface area (Å²) in [6.45, 7) is 3.75. The fraction of sp³-hybridized carbons (Fsp3) is 0.192. The van der Waals surface area contributed by atoms with Crippen LogP contribution in [0.15, 0.2) is 97.6 Å². The van der Waals surface area contributed by atoms with Crippen molar-refractivity contribution in [3.05, 3.63) is 103 Å². The van der Waals surface area contributed by atoms with Gasteiger partial charge in [0.15, 0.2) is 5.78 Å². The Labute approximate surface area is 189 Å². The second kappa shape index (κ2) is 11.1. The highest BCUT2D eigenvalue weighted by Crippen LogP contribution is 2.40. The minimum Gasteiger partial charge on any atom is -0.496 e. The van der Waals surface area contributed by atoms with E-state index in [1.165, 1.54) is 7.11 Å². The third-order valence-electron chi connectivity index (χ3n) is 5.29. The lowest BCUT2D eigenvalue weighted by atomic mass is 9.97. The number of rotatable bonds is 11. The first-order valence-corrected chi connectivity index (χ1v) is 12.2. The predicted molar refractivity (Wildman–Crippen MR) is 129 cm³/mol. The molecule has 3 aromatic rings. The fourth-order valence-electron chi connectivity index (χ4n) is 3.59. The smallest absolute Gasteiger partial charge is 0.204 e. The van der Waals surface area contributed by atoms with Crippen molar-refractivity contribution in [2.45, 2.75) is 25.0 Å². The van der Waals surface area contributed by atoms with Crippen LogP contribution in [0.2, 0.25) is 0 Å². The molecule has 2 atom stereocenters. The minimum atomic E-state index is -3.35. The van der Waals surface area contributed by atoms with Crippen LogP contribution in [0.1, 0.15) is 23.2 Å². The number of hydrogen-bond donors (Lipinski definition) is 2. The van der Waals surface area contributed by atoms with Gasteiger partial charge in [0.05, 0.1) is 12.7 Å². The summed E-state index contributed by atoms with van der Waals surface area (Å²) in [6, 6.07) is 24.2. The minimum absolute atomic E-state index is 0.280. The lowest BCUT2D eigenvalue weighted by Crippen LogP contribution is -2.46. The van der Waals surface area contributed by atoms with Crippen LogP contribution in [0.5, 0.6) is 5.75 Å². The van der Waals surface area contributed by atoms with Gasteiger partial charge in [-0.3, -0.25) is 14.4 Å². The molecule has 0 aromatic heterocycles. The van der Waals surface area contributed by atoms with Crippen molar-refractivity contribution in [3.63, 3.8) is 0 Å². The Bertz CT molecular complexity index is 1040. The number of carbonyl (C=O) groups excluding carboxylic acids is 1. The molecule has 5 nitrogen and oxygen atoms in total. The highest BCUT2D eigenvalue weighted by molar-refractivity contribution is 7.76. The molecule has 0 aliphatic rings. The summed E-state index contributed by atoms with van der Waals surface area (Å²) in [5, 5.41) is 15.5. The van der Waals surface area contributed by atoms with Crippen LogP contribution >= 0.6 is 7.29 Å². The van der Waals surface area contributed by atoms with E-state index in [1.54, 1.807) is 54.6 Å². The van der Waals surface area contributed by atoms with Gasteiger partial charge in [-0.25, -0.2) is 0 Å². The zero-order valence-corrected chi connectivity index (χ0v) is 18.9. The number of hydrogen-bond acceptors (Lipinski definition) is 4. The van der Waals surface area contributed by atoms with Gasteiger partial charge in [-0.15, -0.1) is 6.58 Å². The first-order chi connectivity index (χ1) is 15.5. The van der Waals surface area contributed by atoms with Crippen molar-refractivity contribution < 1.29 is 19.2 Å². The monoisotopic (exact) mass is 449 g/mol. The summed E-state index contributed by atoms with van der Waals surface area (Å²) in [6.07, 6.45) is 1.21. The highest BCUT2D eigenvalue weighted by Gasteiger charge is 2.36. The molecule has 3 aromatic carbocycles. The largest absolute Gasteiger partial charge is 0.496 e. The molecule has 2 N–H and O–H groups in total. The quantitative estimate of drug-likeness (QED) is 0.262. The first-order valence-electron chi connectivity index (χ1n) is 10.5. The second-order valence-electron chi connectivity index (χ2n) is 7.39. The van der Waals surface area contributed by atoms with E-state index in [1.807, 2.05) is 36.4 Å². The van der Waals surface area contributed by atoms with Gasteiger partial charge in [0.2, 0.25) is 7.29 Å². The number of Topliss-reactive ketones (excluding diaryl/α,β-unsaturated/α-hetero) is 1. The average Bonchev–Trinajstić information content (AvgIpc) is 2.86. The van der Waals surface area contributed by atoms with E-state index in [-0.39, 0.29) is 5.56 Å². The van der Waals surface area contributed by atoms with E-state index in [0.29, 0.717) is 29.2 Å². The first kappa shape index (κ1) is 23.7. The number of ether oxygens (including phenoxy) is 1. The molecule has 0 aliphatic carbocycles. The molecule has 6 heteroatoms. The van der Waals surface area contributed by atoms with E-state index < -0.39 is 25.2 Å². The van der Waals surface area contributed by atoms with Crippen LogP contribution in [0.25, 0.3) is 0 Å². The number of aliphatic hydroxyl groups is 1. The summed E-state index contributed by atoms with van der Waals surface area (Å²) in [7, 11) is -1.87. The standard InChI is InChI=1S/C26H28NO4P/c1-3-4-18-23(26(29)25(28)22-17-11-12-19-24(22)31-2)27-32(30,20-13-7-5-8-14-20)21-15-9-6-10-16-21/h3,5-17,19,23,26,29H,1,4,18H2,2H3,(H,27,30)/t23-,26-/m0/s1. The second-order valence-corrected chi connectivity index (χ2v) is 9.90. The van der Waals surface area contributed by atoms with Gasteiger partial charge >= 0.3 is 0 Å². The number of nitrogens with one attached hydrogen (secondary N) is 1. The molecule has 0 saturated heterocycles. The van der Waals surface area contributed by atoms with Crippen LogP contribution < -0.4 is 20.4 Å². The van der Waals surface area contributed by atoms with Gasteiger partial charge in [0, 0.05) is 16.7 Å². The maximum atomic E-state index is 14.4. The van der Waals surface area contributed by atoms with Crippen molar-refractivity contribution in [3.8, 4) is 5.75 Å². The summed E-state index contributed by atoms with van der Waals surface area (Å²) in [5.74, 6) is -0.106. The predicted octanol–water partition coefficient (Wildman–Crippen LogP) is 4.09. The van der Waals surface area contributed by atoms with Gasteiger partial charge in [0.25, 0.3) is 0 Å². The van der Waals surface area contributed by atoms with Gasteiger partial charge in [-0.1, -0.05) is 54.6 Å². The molecule has 0 radical (unpaired) electrons. The summed E-state index contributed by atoms with van der Waals surface area (Å²) >= 11 is 0. The maximum Gasteiger partial charge on any atom is 0.204 e. The Morgan fingerprint density at radius 1 is 1.00 bits per heavy atom. The maximum absolute atomic E-state index is 14.4. The van der Waals surface area contributed by atoms with Gasteiger partial charge < -0.3 is 9.84 Å². The molecule has 166 valence electrons. The molecule has 0 amide bonds. The van der Waals surface area contributed by atoms with Crippen molar-refractivity contribution in [2.75, 3.05) is 7.11 Å². The molecule has 32 heavy (non-hydrogen) atoms. The van der Waals surface area contributed by atoms with E-state index in [4.69, 9.17) is 4.74 Å². The molecule has 0 saturated carbocycles. The molecular formula is C26H28NO4P. The summed E-state index contributed by atoms with van der Waals surface area (Å²) in [4.78, 5) is 13.2. The number of allylic oxidation sites excluding steroid dienone is 1. The van der Waals surface area contributed by atoms with E-state index in [9.17, 15) is 14.5 Å². The SMILES string of the molecule is C=CCC[C@H](NP(=O)(c1ccccc1)c1ccccc1)[C@H](O)C(=O)c1ccccc1OC. The number of ketones is 1. The topological polar surface area (TPSA) is 75.6 Å². The molecule has 0 aliphatic heterocycles. The normalized spacial score (nSPS) is 13.2. The lowest BCUT2D eigenvalue weighted by Gasteiger charge is -2.29. The van der Waals surface area contributed by atoms with Gasteiger partial charge in [0.1, 0.15) is 11.9 Å². The summed E-state index contributed by atoms with van der Waals surface area (Å²) in [5.41, 5.74) is 0.280. The molecule has 3 rings (SSSR count). The number of benzene rings is 3. The van der Waals surface area contributed by atoms with Crippen molar-refractivity contribution in [2.24, 2.45) is 0 Å². The van der Waals surface area contributed by atoms with Gasteiger partial charge in [-0.05, 0) is 49.2 Å². The average molecular weight is 449 g/mol. The zero-order valence-electron chi connectivity index (χ0n) is 18.1. The molecule has 0 heterocycles. The molecule has 0 bridgehead atoms. The molecule has 0 unspecified atom stereocenters. The fourth-order valence-corrected chi connectivity index (χ4v) is 6.11. The van der Waals surface area contributed by atoms with Crippen molar-refractivity contribution in [1.29, 1.82) is 0 Å². The zero-order chi connectivity index (χ0) is 23.0. The van der Waals surface area contributed by atoms with Gasteiger partial charge in [-0.2, -0.15) is 0 Å². The Morgan fingerprint density at radius 2 is 1.53 bits per heavy atom. The number of aliphatic hydroxyl groups excluding tert-OH is 1. The molecule has 0 fully saturated rings. The number of methoxy groups -OCH3 is 1. The van der Waals surface area contributed by atoms with Crippen molar-refractivity contribution >= 4 is 23.7 Å². The Morgan fingerprint density at radius 3 is 2.06 bits per heavy atom. The molecular weight excluding hydrogens is 421 g/mol. The summed E-state index contributed by atoms with van der Waals surface area (Å²) < 4.78 is 19.7. The van der Waals surface area contributed by atoms with E-state index in [2.05, 4.69) is 11.7 Å². The lowest BCUT2D eigenvalue weighted by molar-refractivity contribution is 0.0669. The van der Waals surface area contributed by atoms with E-state index >= 15 is 0 Å². The Kier molecular flexibility index (Phi) is 8.18. The Hall–Kier alpha value is -2.98. The highest BCUT2D eigenvalue weighted by atomic mass is 31.2. The number of carbonyl (C=O) groups is 1. The van der Waals surface area contributed by atoms with Crippen molar-refractivity contribution in [1.82, 2.24) is 5.09 Å². The molecule has 0 spiro atoms. The van der Waals surface area contributed by atoms with Crippen LogP contribution in [-0.2, 0) is 4.57 Å². The Balaban J connectivity index is 2.01. The van der Waals surface area contributed by atoms with Crippen LogP contribution in [-0.4, -0.2) is 30.1 Å². The third-order valence-corrected chi connectivity index (χ3v) is 8.04. The van der Waals surface area contributed by atoms with Crippen LogP contribution in [0, 0.1) is 0 Å². The van der Waals surface area contributed by atoms with Crippen LogP contribution in [0.4, 0.5) is 0 Å².